The van der Waals surface area contributed by atoms with Crippen LogP contribution in [0, 0.1) is 5.82 Å². The Balaban J connectivity index is 1.42. The Labute approximate surface area is 184 Å². The Morgan fingerprint density at radius 1 is 1.26 bits per heavy atom. The Morgan fingerprint density at radius 2 is 2.00 bits per heavy atom. The number of rotatable bonds is 9. The fourth-order valence-corrected chi connectivity index (χ4v) is 4.72. The normalized spacial score (nSPS) is 22.0. The van der Waals surface area contributed by atoms with Crippen LogP contribution >= 0.6 is 0 Å². The van der Waals surface area contributed by atoms with Crippen LogP contribution in [0.25, 0.3) is 0 Å². The van der Waals surface area contributed by atoms with Gasteiger partial charge in [0.2, 0.25) is 0 Å². The number of anilines is 1. The molecule has 2 N–H and O–H groups in total. The molecule has 1 unspecified atom stereocenters. The number of benzene rings is 2. The lowest BCUT2D eigenvalue weighted by atomic mass is 9.98. The predicted molar refractivity (Wildman–Crippen MR) is 121 cm³/mol. The topological polar surface area (TPSA) is 48.0 Å². The van der Waals surface area contributed by atoms with Gasteiger partial charge in [-0.1, -0.05) is 25.1 Å². The zero-order valence-corrected chi connectivity index (χ0v) is 18.3. The fraction of sp³-hybridized carbons (Fsp3) is 0.440. The van der Waals surface area contributed by atoms with Gasteiger partial charge in [-0.15, -0.1) is 0 Å². The number of likely N-dealkylation sites (tertiary alicyclic amines) is 1. The first-order valence-electron chi connectivity index (χ1n) is 11.2. The summed E-state index contributed by atoms with van der Waals surface area (Å²) in [7, 11) is 0. The molecule has 2 heterocycles. The molecule has 3 atom stereocenters. The number of halogens is 1. The highest BCUT2D eigenvalue weighted by Gasteiger charge is 2.36. The van der Waals surface area contributed by atoms with Crippen LogP contribution in [-0.4, -0.2) is 48.4 Å². The maximum Gasteiger partial charge on any atom is 0.123 e. The largest absolute Gasteiger partial charge is 0.492 e. The van der Waals surface area contributed by atoms with Crippen LogP contribution in [0.1, 0.15) is 38.3 Å². The molecule has 0 radical (unpaired) electrons. The Kier molecular flexibility index (Phi) is 6.90. The van der Waals surface area contributed by atoms with Gasteiger partial charge in [-0.3, -0.25) is 10.1 Å². The van der Waals surface area contributed by atoms with Crippen LogP contribution in [0.15, 0.2) is 60.2 Å². The minimum Gasteiger partial charge on any atom is -0.492 e. The van der Waals surface area contributed by atoms with Crippen LogP contribution in [0.3, 0.4) is 0 Å². The number of hydrogen-bond donors (Lipinski definition) is 2. The van der Waals surface area contributed by atoms with Crippen molar-refractivity contribution in [3.05, 3.63) is 71.6 Å². The maximum atomic E-state index is 13.3. The van der Waals surface area contributed by atoms with Gasteiger partial charge in [-0.25, -0.2) is 9.45 Å². The van der Waals surface area contributed by atoms with E-state index in [-0.39, 0.29) is 11.9 Å². The van der Waals surface area contributed by atoms with Crippen LogP contribution in [0.5, 0.6) is 5.75 Å². The summed E-state index contributed by atoms with van der Waals surface area (Å²) in [4.78, 5) is 2.51. The number of ether oxygens (including phenoxy) is 1. The van der Waals surface area contributed by atoms with Gasteiger partial charge in [0.1, 0.15) is 24.2 Å². The van der Waals surface area contributed by atoms with E-state index in [9.17, 15) is 9.60 Å². The second-order valence-electron chi connectivity index (χ2n) is 8.49. The van der Waals surface area contributed by atoms with Crippen LogP contribution in [0.2, 0.25) is 0 Å². The molecule has 2 bridgehead atoms. The highest BCUT2D eigenvalue weighted by Crippen LogP contribution is 2.32. The molecule has 4 rings (SSSR count). The zero-order valence-electron chi connectivity index (χ0n) is 18.3. The molecule has 2 saturated heterocycles. The summed E-state index contributed by atoms with van der Waals surface area (Å²) in [6.45, 7) is 7.90. The molecule has 2 aromatic rings. The van der Waals surface area contributed by atoms with E-state index in [1.54, 1.807) is 12.1 Å². The highest BCUT2D eigenvalue weighted by molar-refractivity contribution is 5.49. The molecule has 166 valence electrons. The van der Waals surface area contributed by atoms with E-state index in [0.717, 1.165) is 42.9 Å². The summed E-state index contributed by atoms with van der Waals surface area (Å²) in [5.41, 5.74) is 2.52. The molecule has 0 saturated carbocycles. The van der Waals surface area contributed by atoms with E-state index in [1.807, 2.05) is 31.2 Å². The van der Waals surface area contributed by atoms with Crippen molar-refractivity contribution >= 4 is 5.69 Å². The minimum atomic E-state index is -0.355. The first-order valence-corrected chi connectivity index (χ1v) is 11.2. The lowest BCUT2D eigenvalue weighted by Crippen LogP contribution is -2.45. The molecule has 2 aromatic carbocycles. The monoisotopic (exact) mass is 425 g/mol. The van der Waals surface area contributed by atoms with Crippen molar-refractivity contribution in [3.8, 4) is 5.75 Å². The van der Waals surface area contributed by atoms with E-state index < -0.39 is 0 Å². The molecule has 0 amide bonds. The van der Waals surface area contributed by atoms with Gasteiger partial charge in [-0.05, 0) is 67.3 Å². The second kappa shape index (κ2) is 9.81. The summed E-state index contributed by atoms with van der Waals surface area (Å²) in [5.74, 6) is 0.502. The molecule has 5 nitrogen and oxygen atoms in total. The summed E-state index contributed by atoms with van der Waals surface area (Å²) >= 11 is 0. The van der Waals surface area contributed by atoms with Crippen molar-refractivity contribution in [3.63, 3.8) is 0 Å². The van der Waals surface area contributed by atoms with E-state index >= 15 is 0 Å². The fourth-order valence-electron chi connectivity index (χ4n) is 4.72. The quantitative estimate of drug-likeness (QED) is 0.456. The molecule has 6 heteroatoms. The van der Waals surface area contributed by atoms with Crippen LogP contribution in [0.4, 0.5) is 10.1 Å². The smallest absolute Gasteiger partial charge is 0.123 e. The average Bonchev–Trinajstić information content (AvgIpc) is 3.39. The molecule has 0 aliphatic carbocycles. The third-order valence-corrected chi connectivity index (χ3v) is 6.31. The van der Waals surface area contributed by atoms with E-state index in [1.165, 1.54) is 23.6 Å². The number of fused-ring (bicyclic) bond motifs is 2. The molecular weight excluding hydrogens is 393 g/mol. The lowest BCUT2D eigenvalue weighted by molar-refractivity contribution is 0.180. The van der Waals surface area contributed by atoms with Gasteiger partial charge < -0.3 is 10.1 Å². The Bertz CT molecular complexity index is 885. The maximum absolute atomic E-state index is 13.3. The predicted octanol–water partition coefficient (Wildman–Crippen LogP) is 4.54. The molecular formula is C25H32FN3O2. The first kappa shape index (κ1) is 21.8. The third kappa shape index (κ3) is 5.09. The van der Waals surface area contributed by atoms with Crippen molar-refractivity contribution in [2.75, 3.05) is 31.3 Å². The molecule has 2 aliphatic heterocycles. The molecule has 31 heavy (non-hydrogen) atoms. The summed E-state index contributed by atoms with van der Waals surface area (Å²) in [6.07, 6.45) is 4.22. The van der Waals surface area contributed by atoms with E-state index in [0.29, 0.717) is 24.4 Å². The average molecular weight is 426 g/mol. The number of nitrogens with zero attached hydrogens (tertiary/aromatic N) is 2. The van der Waals surface area contributed by atoms with Gasteiger partial charge in [0, 0.05) is 31.7 Å². The zero-order chi connectivity index (χ0) is 21.8. The van der Waals surface area contributed by atoms with Gasteiger partial charge in [0.05, 0.1) is 5.69 Å². The van der Waals surface area contributed by atoms with Crippen molar-refractivity contribution in [1.82, 2.24) is 10.2 Å². The number of nitrogens with one attached hydrogen (secondary N) is 1. The molecule has 2 aliphatic rings. The standard InChI is InChI=1S/C25H32FN3O2/c1-3-4-18(2)25(29(30)22-9-7-20(26)8-10-22)19-5-11-24(12-6-19)31-14-13-28-17-21-15-23(28)16-27-21/h4-12,21,23,25,27,30H,3,13-17H2,1-2H3/b18-4+/t21-,23-,25?/m1/s1. The molecule has 0 aromatic heterocycles. The second-order valence-corrected chi connectivity index (χ2v) is 8.49. The number of hydrogen-bond acceptors (Lipinski definition) is 5. The highest BCUT2D eigenvalue weighted by atomic mass is 19.1. The van der Waals surface area contributed by atoms with Crippen molar-refractivity contribution in [2.45, 2.75) is 44.8 Å². The lowest BCUT2D eigenvalue weighted by Gasteiger charge is -2.29. The van der Waals surface area contributed by atoms with Gasteiger partial charge in [0.15, 0.2) is 0 Å². The van der Waals surface area contributed by atoms with Gasteiger partial charge >= 0.3 is 0 Å². The molecule has 0 spiro atoms. The summed E-state index contributed by atoms with van der Waals surface area (Å²) in [6, 6.07) is 14.7. The molecule has 2 fully saturated rings. The Hall–Kier alpha value is -2.41. The van der Waals surface area contributed by atoms with E-state index in [2.05, 4.69) is 23.2 Å². The van der Waals surface area contributed by atoms with Crippen LogP contribution < -0.4 is 15.1 Å². The minimum absolute atomic E-state index is 0.325. The van der Waals surface area contributed by atoms with Crippen LogP contribution in [-0.2, 0) is 0 Å². The first-order chi connectivity index (χ1) is 15.0. The van der Waals surface area contributed by atoms with Gasteiger partial charge in [0.25, 0.3) is 0 Å². The Morgan fingerprint density at radius 3 is 2.61 bits per heavy atom. The van der Waals surface area contributed by atoms with Crippen molar-refractivity contribution in [2.24, 2.45) is 0 Å². The van der Waals surface area contributed by atoms with Crippen molar-refractivity contribution in [1.29, 1.82) is 0 Å². The third-order valence-electron chi connectivity index (χ3n) is 6.31. The number of piperazine rings is 1. The van der Waals surface area contributed by atoms with Gasteiger partial charge in [-0.2, -0.15) is 0 Å². The SMILES string of the molecule is CC/C=C(\C)C(c1ccc(OCCN2C[C@H]3C[C@@H]2CN3)cc1)N(O)c1ccc(F)cc1. The van der Waals surface area contributed by atoms with E-state index in [4.69, 9.17) is 4.74 Å². The summed E-state index contributed by atoms with van der Waals surface area (Å²) in [5, 5.41) is 15.7. The van der Waals surface area contributed by atoms with Crippen molar-refractivity contribution < 1.29 is 14.3 Å². The summed E-state index contributed by atoms with van der Waals surface area (Å²) < 4.78 is 19.3. The number of hydroxylamine groups is 1. The number of allylic oxidation sites excluding steroid dienone is 1.